The van der Waals surface area contributed by atoms with E-state index in [1.54, 1.807) is 12.1 Å². The van der Waals surface area contributed by atoms with Gasteiger partial charge in [0, 0.05) is 11.5 Å². The van der Waals surface area contributed by atoms with Crippen molar-refractivity contribution >= 4 is 0 Å². The molecule has 2 nitrogen and oxygen atoms in total. The van der Waals surface area contributed by atoms with Crippen molar-refractivity contribution in [3.63, 3.8) is 0 Å². The van der Waals surface area contributed by atoms with Crippen molar-refractivity contribution in [2.75, 3.05) is 0 Å². The largest absolute Gasteiger partial charge is 0.508 e. The molecular formula is C15H15NO. The van der Waals surface area contributed by atoms with Gasteiger partial charge in [-0.15, -0.1) is 0 Å². The summed E-state index contributed by atoms with van der Waals surface area (Å²) >= 11 is 0. The topological polar surface area (TPSA) is 46.2 Å². The van der Waals surface area contributed by atoms with Crippen LogP contribution in [0.3, 0.4) is 0 Å². The summed E-state index contributed by atoms with van der Waals surface area (Å²) in [5.74, 6) is 0.669. The fraction of sp³-hybridized carbons (Fsp3) is 0.200. The van der Waals surface area contributed by atoms with Crippen LogP contribution in [-0.4, -0.2) is 5.11 Å². The molecule has 1 aliphatic carbocycles. The summed E-state index contributed by atoms with van der Waals surface area (Å²) in [7, 11) is 0. The standard InChI is InChI=1S/C15H15NO/c16-15(12-4-2-1-3-5-12)10-14(15)11-6-8-13(17)9-7-11/h1-9,14,17H,10,16H2. The lowest BCUT2D eigenvalue weighted by molar-refractivity contribution is 0.475. The fourth-order valence-electron chi connectivity index (χ4n) is 2.47. The van der Waals surface area contributed by atoms with E-state index in [4.69, 9.17) is 5.73 Å². The maximum atomic E-state index is 9.27. The lowest BCUT2D eigenvalue weighted by atomic mass is 9.99. The van der Waals surface area contributed by atoms with E-state index in [9.17, 15) is 5.11 Å². The van der Waals surface area contributed by atoms with E-state index in [-0.39, 0.29) is 5.54 Å². The molecule has 0 spiro atoms. The summed E-state index contributed by atoms with van der Waals surface area (Å²) in [6.07, 6.45) is 0.974. The maximum Gasteiger partial charge on any atom is 0.115 e. The van der Waals surface area contributed by atoms with Gasteiger partial charge in [0.05, 0.1) is 0 Å². The van der Waals surface area contributed by atoms with Gasteiger partial charge < -0.3 is 10.8 Å². The highest BCUT2D eigenvalue weighted by Gasteiger charge is 2.52. The van der Waals surface area contributed by atoms with E-state index in [0.29, 0.717) is 11.7 Å². The van der Waals surface area contributed by atoms with Gasteiger partial charge in [0.25, 0.3) is 0 Å². The third-order valence-electron chi connectivity index (χ3n) is 3.61. The number of phenols is 1. The van der Waals surface area contributed by atoms with E-state index in [1.807, 2.05) is 30.3 Å². The summed E-state index contributed by atoms with van der Waals surface area (Å²) in [5, 5.41) is 9.27. The molecule has 0 aromatic heterocycles. The Hall–Kier alpha value is -1.80. The maximum absolute atomic E-state index is 9.27. The monoisotopic (exact) mass is 225 g/mol. The normalized spacial score (nSPS) is 26.8. The molecule has 2 heteroatoms. The first-order chi connectivity index (χ1) is 8.20. The second-order valence-corrected chi connectivity index (χ2v) is 4.75. The molecule has 2 aromatic carbocycles. The minimum Gasteiger partial charge on any atom is -0.508 e. The van der Waals surface area contributed by atoms with Crippen molar-refractivity contribution in [2.45, 2.75) is 17.9 Å². The summed E-state index contributed by atoms with van der Waals surface area (Å²) in [5.41, 5.74) is 8.59. The Morgan fingerprint density at radius 3 is 2.29 bits per heavy atom. The van der Waals surface area contributed by atoms with Crippen LogP contribution in [0.2, 0.25) is 0 Å². The molecule has 1 aliphatic rings. The Labute approximate surface area is 101 Å². The molecular weight excluding hydrogens is 210 g/mol. The van der Waals surface area contributed by atoms with Crippen LogP contribution in [0.5, 0.6) is 5.75 Å². The predicted molar refractivity (Wildman–Crippen MR) is 67.8 cm³/mol. The van der Waals surface area contributed by atoms with Crippen LogP contribution in [-0.2, 0) is 5.54 Å². The SMILES string of the molecule is NC1(c2ccccc2)CC1c1ccc(O)cc1. The summed E-state index contributed by atoms with van der Waals surface area (Å²) in [6.45, 7) is 0. The van der Waals surface area contributed by atoms with Gasteiger partial charge in [-0.1, -0.05) is 42.5 Å². The molecule has 0 radical (unpaired) electrons. The molecule has 3 rings (SSSR count). The van der Waals surface area contributed by atoms with Gasteiger partial charge >= 0.3 is 0 Å². The number of hydrogen-bond acceptors (Lipinski definition) is 2. The molecule has 1 fully saturated rings. The zero-order chi connectivity index (χ0) is 11.9. The average Bonchev–Trinajstić information content (AvgIpc) is 3.05. The van der Waals surface area contributed by atoms with E-state index in [0.717, 1.165) is 6.42 Å². The quantitative estimate of drug-likeness (QED) is 0.825. The van der Waals surface area contributed by atoms with E-state index in [2.05, 4.69) is 12.1 Å². The number of benzene rings is 2. The van der Waals surface area contributed by atoms with E-state index >= 15 is 0 Å². The first-order valence-electron chi connectivity index (χ1n) is 5.83. The lowest BCUT2D eigenvalue weighted by Gasteiger charge is -2.12. The lowest BCUT2D eigenvalue weighted by Crippen LogP contribution is -2.21. The van der Waals surface area contributed by atoms with E-state index < -0.39 is 0 Å². The van der Waals surface area contributed by atoms with Crippen molar-refractivity contribution in [2.24, 2.45) is 5.73 Å². The molecule has 0 heterocycles. The van der Waals surface area contributed by atoms with Gasteiger partial charge in [0.2, 0.25) is 0 Å². The van der Waals surface area contributed by atoms with Crippen molar-refractivity contribution < 1.29 is 5.11 Å². The van der Waals surface area contributed by atoms with Crippen LogP contribution in [0.1, 0.15) is 23.5 Å². The number of rotatable bonds is 2. The Bertz CT molecular complexity index is 520. The molecule has 3 N–H and O–H groups in total. The Kier molecular flexibility index (Phi) is 2.20. The molecule has 0 amide bonds. The van der Waals surface area contributed by atoms with Crippen LogP contribution in [0.15, 0.2) is 54.6 Å². The van der Waals surface area contributed by atoms with Gasteiger partial charge in [0.1, 0.15) is 5.75 Å². The van der Waals surface area contributed by atoms with Crippen molar-refractivity contribution in [1.29, 1.82) is 0 Å². The van der Waals surface area contributed by atoms with Gasteiger partial charge in [-0.3, -0.25) is 0 Å². The highest BCUT2D eigenvalue weighted by atomic mass is 16.3. The molecule has 17 heavy (non-hydrogen) atoms. The Morgan fingerprint density at radius 1 is 1.00 bits per heavy atom. The van der Waals surface area contributed by atoms with Gasteiger partial charge in [-0.05, 0) is 29.7 Å². The molecule has 0 saturated heterocycles. The molecule has 0 aliphatic heterocycles. The number of phenolic OH excluding ortho intramolecular Hbond substituents is 1. The fourth-order valence-corrected chi connectivity index (χ4v) is 2.47. The number of nitrogens with two attached hydrogens (primary N) is 1. The van der Waals surface area contributed by atoms with Crippen molar-refractivity contribution in [3.8, 4) is 5.75 Å². The van der Waals surface area contributed by atoms with Crippen LogP contribution in [0.25, 0.3) is 0 Å². The zero-order valence-corrected chi connectivity index (χ0v) is 9.51. The smallest absolute Gasteiger partial charge is 0.115 e. The summed E-state index contributed by atoms with van der Waals surface area (Å²) in [4.78, 5) is 0. The zero-order valence-electron chi connectivity index (χ0n) is 9.51. The van der Waals surface area contributed by atoms with Gasteiger partial charge in [-0.2, -0.15) is 0 Å². The molecule has 1 saturated carbocycles. The third-order valence-corrected chi connectivity index (χ3v) is 3.61. The first kappa shape index (κ1) is 10.4. The Balaban J connectivity index is 1.88. The number of hydrogen-bond donors (Lipinski definition) is 2. The Morgan fingerprint density at radius 2 is 1.65 bits per heavy atom. The highest BCUT2D eigenvalue weighted by Crippen LogP contribution is 2.56. The second kappa shape index (κ2) is 3.60. The van der Waals surface area contributed by atoms with Gasteiger partial charge in [-0.25, -0.2) is 0 Å². The molecule has 2 atom stereocenters. The highest BCUT2D eigenvalue weighted by molar-refractivity contribution is 5.42. The molecule has 2 aromatic rings. The second-order valence-electron chi connectivity index (χ2n) is 4.75. The first-order valence-corrected chi connectivity index (χ1v) is 5.83. The summed E-state index contributed by atoms with van der Waals surface area (Å²) < 4.78 is 0. The van der Waals surface area contributed by atoms with Crippen LogP contribution >= 0.6 is 0 Å². The van der Waals surface area contributed by atoms with Gasteiger partial charge in [0.15, 0.2) is 0 Å². The number of aromatic hydroxyl groups is 1. The molecule has 2 unspecified atom stereocenters. The molecule has 0 bridgehead atoms. The van der Waals surface area contributed by atoms with Crippen molar-refractivity contribution in [3.05, 3.63) is 65.7 Å². The van der Waals surface area contributed by atoms with E-state index in [1.165, 1.54) is 11.1 Å². The van der Waals surface area contributed by atoms with Crippen molar-refractivity contribution in [1.82, 2.24) is 0 Å². The third kappa shape index (κ3) is 1.71. The van der Waals surface area contributed by atoms with Crippen LogP contribution in [0.4, 0.5) is 0 Å². The minimum absolute atomic E-state index is 0.224. The predicted octanol–water partition coefficient (Wildman–Crippen LogP) is 2.73. The summed E-state index contributed by atoms with van der Waals surface area (Å²) in [6, 6.07) is 17.6. The van der Waals surface area contributed by atoms with Crippen LogP contribution in [0, 0.1) is 0 Å². The average molecular weight is 225 g/mol. The minimum atomic E-state index is -0.224. The molecule has 86 valence electrons. The van der Waals surface area contributed by atoms with Crippen LogP contribution < -0.4 is 5.73 Å².